The summed E-state index contributed by atoms with van der Waals surface area (Å²) in [5.74, 6) is -0.151. The Morgan fingerprint density at radius 3 is 2.50 bits per heavy atom. The molecular formula is C15H22ClN3O. The highest BCUT2D eigenvalue weighted by atomic mass is 35.5. The zero-order valence-corrected chi connectivity index (χ0v) is 13.2. The molecule has 0 atom stereocenters. The van der Waals surface area contributed by atoms with E-state index in [-0.39, 0.29) is 23.0 Å². The number of nitrogens with zero attached hydrogens (tertiary/aromatic N) is 1. The first-order chi connectivity index (χ1) is 9.19. The number of carbonyl (C=O) groups excluding carboxylic acids is 1. The van der Waals surface area contributed by atoms with Crippen LogP contribution in [0.15, 0.2) is 18.5 Å². The zero-order valence-electron chi connectivity index (χ0n) is 12.5. The topological polar surface area (TPSA) is 54.0 Å². The Bertz CT molecular complexity index is 498. The van der Waals surface area contributed by atoms with E-state index in [2.05, 4.69) is 43.3 Å². The minimum absolute atomic E-state index is 0.00156. The van der Waals surface area contributed by atoms with Crippen molar-refractivity contribution in [2.45, 2.75) is 57.7 Å². The molecule has 0 aromatic carbocycles. The highest BCUT2D eigenvalue weighted by Crippen LogP contribution is 2.28. The maximum absolute atomic E-state index is 12.3. The zero-order chi connectivity index (χ0) is 15.0. The molecule has 1 aliphatic heterocycles. The largest absolute Gasteiger partial charge is 0.349 e. The molecule has 1 aliphatic rings. The van der Waals surface area contributed by atoms with E-state index in [0.29, 0.717) is 10.6 Å². The highest BCUT2D eigenvalue weighted by molar-refractivity contribution is 6.33. The number of halogens is 1. The molecule has 1 saturated heterocycles. The van der Waals surface area contributed by atoms with Crippen molar-refractivity contribution in [1.82, 2.24) is 15.6 Å². The Balaban J connectivity index is 2.10. The second kappa shape index (κ2) is 5.34. The number of piperidine rings is 1. The second-order valence-electron chi connectivity index (χ2n) is 6.83. The summed E-state index contributed by atoms with van der Waals surface area (Å²) >= 11 is 6.04. The third-order valence-electron chi connectivity index (χ3n) is 3.54. The number of carbonyl (C=O) groups is 1. The number of amides is 1. The highest BCUT2D eigenvalue weighted by Gasteiger charge is 2.38. The lowest BCUT2D eigenvalue weighted by Crippen LogP contribution is -2.62. The van der Waals surface area contributed by atoms with E-state index in [1.807, 2.05) is 0 Å². The third kappa shape index (κ3) is 3.70. The predicted octanol–water partition coefficient (Wildman–Crippen LogP) is 2.77. The molecule has 1 fully saturated rings. The van der Waals surface area contributed by atoms with Crippen molar-refractivity contribution in [1.29, 1.82) is 0 Å². The maximum atomic E-state index is 12.3. The van der Waals surface area contributed by atoms with Crippen molar-refractivity contribution in [2.24, 2.45) is 0 Å². The lowest BCUT2D eigenvalue weighted by atomic mass is 9.79. The van der Waals surface area contributed by atoms with Gasteiger partial charge in [-0.15, -0.1) is 0 Å². The molecule has 1 amide bonds. The minimum Gasteiger partial charge on any atom is -0.349 e. The Hall–Kier alpha value is -1.13. The molecule has 2 N–H and O–H groups in total. The summed E-state index contributed by atoms with van der Waals surface area (Å²) in [4.78, 5) is 16.3. The molecular weight excluding hydrogens is 274 g/mol. The van der Waals surface area contributed by atoms with Gasteiger partial charge in [0.15, 0.2) is 0 Å². The van der Waals surface area contributed by atoms with Crippen molar-refractivity contribution in [3.63, 3.8) is 0 Å². The molecule has 1 aromatic rings. The van der Waals surface area contributed by atoms with E-state index >= 15 is 0 Å². The maximum Gasteiger partial charge on any atom is 0.254 e. The van der Waals surface area contributed by atoms with Crippen LogP contribution in [0.4, 0.5) is 0 Å². The van der Waals surface area contributed by atoms with Crippen LogP contribution < -0.4 is 10.6 Å². The van der Waals surface area contributed by atoms with Gasteiger partial charge in [-0.2, -0.15) is 0 Å². The third-order valence-corrected chi connectivity index (χ3v) is 3.87. The molecule has 110 valence electrons. The van der Waals surface area contributed by atoms with Crippen LogP contribution in [0.3, 0.4) is 0 Å². The molecule has 20 heavy (non-hydrogen) atoms. The standard InChI is InChI=1S/C15H22ClN3O/c1-14(2)7-10(8-15(3,4)19-14)18-13(20)11-9-17-6-5-12(11)16/h5-6,9-10,19H,7-8H2,1-4H3,(H,18,20). The summed E-state index contributed by atoms with van der Waals surface area (Å²) in [7, 11) is 0. The van der Waals surface area contributed by atoms with Crippen molar-refractivity contribution in [2.75, 3.05) is 0 Å². The van der Waals surface area contributed by atoms with Gasteiger partial charge >= 0.3 is 0 Å². The molecule has 0 unspecified atom stereocenters. The number of aromatic nitrogens is 1. The minimum atomic E-state index is -0.151. The van der Waals surface area contributed by atoms with Gasteiger partial charge in [0, 0.05) is 29.5 Å². The molecule has 0 radical (unpaired) electrons. The quantitative estimate of drug-likeness (QED) is 0.882. The van der Waals surface area contributed by atoms with Crippen molar-refractivity contribution in [3.8, 4) is 0 Å². The molecule has 0 aliphatic carbocycles. The number of pyridine rings is 1. The first-order valence-corrected chi connectivity index (χ1v) is 7.26. The average Bonchev–Trinajstić information content (AvgIpc) is 2.24. The first-order valence-electron chi connectivity index (χ1n) is 6.88. The van der Waals surface area contributed by atoms with Gasteiger partial charge in [0.05, 0.1) is 10.6 Å². The van der Waals surface area contributed by atoms with Crippen LogP contribution in [0.25, 0.3) is 0 Å². The van der Waals surface area contributed by atoms with Gasteiger partial charge in [0.2, 0.25) is 0 Å². The lowest BCUT2D eigenvalue weighted by Gasteiger charge is -2.46. The Kier molecular flexibility index (Phi) is 4.07. The van der Waals surface area contributed by atoms with Crippen molar-refractivity contribution < 1.29 is 4.79 Å². The number of hydrogen-bond acceptors (Lipinski definition) is 3. The van der Waals surface area contributed by atoms with Crippen LogP contribution >= 0.6 is 11.6 Å². The summed E-state index contributed by atoms with van der Waals surface area (Å²) in [5.41, 5.74) is 0.431. The molecule has 1 aromatic heterocycles. The molecule has 0 saturated carbocycles. The molecule has 0 spiro atoms. The fourth-order valence-corrected chi connectivity index (χ4v) is 3.42. The van der Waals surface area contributed by atoms with Gasteiger partial charge in [0.1, 0.15) is 0 Å². The average molecular weight is 296 g/mol. The monoisotopic (exact) mass is 295 g/mol. The van der Waals surface area contributed by atoms with E-state index in [0.717, 1.165) is 12.8 Å². The van der Waals surface area contributed by atoms with Crippen LogP contribution in [0.1, 0.15) is 50.9 Å². The fraction of sp³-hybridized carbons (Fsp3) is 0.600. The van der Waals surface area contributed by atoms with Gasteiger partial charge < -0.3 is 10.6 Å². The van der Waals surface area contributed by atoms with Crippen molar-refractivity contribution >= 4 is 17.5 Å². The summed E-state index contributed by atoms with van der Waals surface area (Å²) in [6.07, 6.45) is 4.87. The number of nitrogens with one attached hydrogen (secondary N) is 2. The lowest BCUT2D eigenvalue weighted by molar-refractivity contribution is 0.0873. The molecule has 0 bridgehead atoms. The van der Waals surface area contributed by atoms with Gasteiger partial charge in [-0.05, 0) is 46.6 Å². The number of rotatable bonds is 2. The summed E-state index contributed by atoms with van der Waals surface area (Å²) < 4.78 is 0. The van der Waals surface area contributed by atoms with Crippen molar-refractivity contribution in [3.05, 3.63) is 29.0 Å². The second-order valence-corrected chi connectivity index (χ2v) is 7.23. The van der Waals surface area contributed by atoms with E-state index in [9.17, 15) is 4.79 Å². The summed E-state index contributed by atoms with van der Waals surface area (Å²) in [5, 5.41) is 7.12. The molecule has 5 heteroatoms. The molecule has 2 heterocycles. The van der Waals surface area contributed by atoms with E-state index in [1.165, 1.54) is 6.20 Å². The Morgan fingerprint density at radius 1 is 1.35 bits per heavy atom. The van der Waals surface area contributed by atoms with Crippen LogP contribution in [-0.4, -0.2) is 28.0 Å². The van der Waals surface area contributed by atoms with Crippen LogP contribution in [-0.2, 0) is 0 Å². The first kappa shape index (κ1) is 15.3. The summed E-state index contributed by atoms with van der Waals surface area (Å²) in [6, 6.07) is 1.76. The van der Waals surface area contributed by atoms with Gasteiger partial charge in [-0.1, -0.05) is 11.6 Å². The SMILES string of the molecule is CC1(C)CC(NC(=O)c2cnccc2Cl)CC(C)(C)N1. The van der Waals surface area contributed by atoms with Gasteiger partial charge in [-0.25, -0.2) is 0 Å². The van der Waals surface area contributed by atoms with E-state index < -0.39 is 0 Å². The van der Waals surface area contributed by atoms with Crippen LogP contribution in [0.2, 0.25) is 5.02 Å². The van der Waals surface area contributed by atoms with E-state index in [1.54, 1.807) is 12.3 Å². The van der Waals surface area contributed by atoms with Gasteiger partial charge in [0.25, 0.3) is 5.91 Å². The van der Waals surface area contributed by atoms with Crippen LogP contribution in [0, 0.1) is 0 Å². The number of hydrogen-bond donors (Lipinski definition) is 2. The van der Waals surface area contributed by atoms with E-state index in [4.69, 9.17) is 11.6 Å². The molecule has 4 nitrogen and oxygen atoms in total. The normalized spacial score (nSPS) is 21.4. The Morgan fingerprint density at radius 2 is 1.95 bits per heavy atom. The fourth-order valence-electron chi connectivity index (χ4n) is 3.23. The van der Waals surface area contributed by atoms with Crippen LogP contribution in [0.5, 0.6) is 0 Å². The van der Waals surface area contributed by atoms with Gasteiger partial charge in [-0.3, -0.25) is 9.78 Å². The Labute approximate surface area is 125 Å². The predicted molar refractivity (Wildman–Crippen MR) is 81.0 cm³/mol. The molecule has 2 rings (SSSR count). The summed E-state index contributed by atoms with van der Waals surface area (Å²) in [6.45, 7) is 8.63. The smallest absolute Gasteiger partial charge is 0.254 e.